The number of aliphatic hydroxyl groups excluding tert-OH is 13. The highest BCUT2D eigenvalue weighted by Gasteiger charge is 2.72. The van der Waals surface area contributed by atoms with Crippen LogP contribution in [0.3, 0.4) is 0 Å². The van der Waals surface area contributed by atoms with Crippen molar-refractivity contribution in [2.24, 2.45) is 40.4 Å². The lowest BCUT2D eigenvalue weighted by Gasteiger charge is -2.65. The van der Waals surface area contributed by atoms with Gasteiger partial charge in [0, 0.05) is 11.8 Å². The molecule has 0 aromatic heterocycles. The molecule has 31 atom stereocenters. The van der Waals surface area contributed by atoms with Crippen LogP contribution in [0.25, 0.3) is 0 Å². The summed E-state index contributed by atoms with van der Waals surface area (Å²) in [6.07, 6.45) is -30.8. The van der Waals surface area contributed by atoms with Crippen LogP contribution in [-0.4, -0.2) is 248 Å². The number of hydrogen-bond donors (Lipinski definition) is 15. The second kappa shape index (κ2) is 21.4. The smallest absolute Gasteiger partial charge is 0.187 e. The van der Waals surface area contributed by atoms with Crippen LogP contribution >= 0.6 is 0 Å². The fourth-order valence-corrected chi connectivity index (χ4v) is 15.4. The van der Waals surface area contributed by atoms with E-state index < -0.39 is 176 Å². The van der Waals surface area contributed by atoms with Gasteiger partial charge >= 0.3 is 0 Å². The average molecular weight is 1080 g/mol. The van der Waals surface area contributed by atoms with Gasteiger partial charge in [0.25, 0.3) is 0 Å². The molecule has 4 saturated heterocycles. The zero-order valence-electron chi connectivity index (χ0n) is 43.2. The molecule has 4 saturated carbocycles. The number of hydrogen-bond acceptors (Lipinski definition) is 24. The van der Waals surface area contributed by atoms with E-state index in [1.807, 2.05) is 13.8 Å². The van der Waals surface area contributed by atoms with Gasteiger partial charge in [0.05, 0.1) is 61.4 Å². The molecule has 24 heteroatoms. The van der Waals surface area contributed by atoms with Gasteiger partial charge in [-0.25, -0.2) is 0 Å². The highest BCUT2D eigenvalue weighted by atomic mass is 16.8. The molecule has 5 aliphatic carbocycles. The Balaban J connectivity index is 0.910. The number of aliphatic hydroxyl groups is 15. The van der Waals surface area contributed by atoms with Crippen LogP contribution in [0, 0.1) is 40.4 Å². The van der Waals surface area contributed by atoms with Crippen LogP contribution in [0.4, 0.5) is 0 Å². The Kier molecular flexibility index (Phi) is 16.6. The first-order valence-corrected chi connectivity index (χ1v) is 26.8. The van der Waals surface area contributed by atoms with Gasteiger partial charge in [0.15, 0.2) is 30.9 Å². The maximum atomic E-state index is 14.1. The Hall–Kier alpha value is -1.51. The second-order valence-electron chi connectivity index (χ2n) is 24.1. The Bertz CT molecular complexity index is 2070. The number of ether oxygens (including phenoxy) is 8. The molecule has 9 rings (SSSR count). The summed E-state index contributed by atoms with van der Waals surface area (Å²) in [6.45, 7) is 9.01. The highest BCUT2D eigenvalue weighted by molar-refractivity contribution is 6.02. The Morgan fingerprint density at radius 3 is 1.79 bits per heavy atom. The van der Waals surface area contributed by atoms with Gasteiger partial charge in [-0.15, -0.1) is 0 Å². The van der Waals surface area contributed by atoms with Gasteiger partial charge in [0.1, 0.15) is 85.5 Å². The van der Waals surface area contributed by atoms with Crippen LogP contribution in [0.2, 0.25) is 0 Å². The third kappa shape index (κ3) is 9.52. The zero-order valence-corrected chi connectivity index (χ0v) is 43.2. The number of fused-ring (bicyclic) bond motifs is 7. The minimum atomic E-state index is -1.85. The molecule has 0 bridgehead atoms. The minimum Gasteiger partial charge on any atom is -0.394 e. The summed E-state index contributed by atoms with van der Waals surface area (Å²) >= 11 is 0. The summed E-state index contributed by atoms with van der Waals surface area (Å²) in [5, 5.41) is 165. The van der Waals surface area contributed by atoms with Crippen LogP contribution in [-0.2, 0) is 42.7 Å². The standard InChI is InChI=1S/C51H82O24/c1-18(17-68-44-37(62)36(61)33(58)27(15-52)72-44)11-25-30(55)19(2)43-48(5)9-8-24-23(26(48)14-50(25,43)66)12-29(54)51(67)13-22(7-10-49(24,51)6)71-47-42(75-46-39(64)35(60)32(57)21(4)70-46)40(65)41(28(16-53)73-47)74-45-38(63)34(59)31(56)20(3)69-45/h18,20-29,31-42,44-47,52-54,56-67H,7-17H2,1-6H3/t18-,20+,21+,22+,23-,24+,25?,26+,27-,28-,29-,31+,32+,33-,34-,35-,36+,37-,38-,39-,40+,41-,42-,44-,45+,46+,47-,48+,49-,50+,51+/m1/s1. The van der Waals surface area contributed by atoms with Crippen molar-refractivity contribution in [3.63, 3.8) is 0 Å². The van der Waals surface area contributed by atoms with Crippen molar-refractivity contribution >= 4 is 5.78 Å². The van der Waals surface area contributed by atoms with Gasteiger partial charge in [-0.3, -0.25) is 4.79 Å². The van der Waals surface area contributed by atoms with Crippen LogP contribution in [0.1, 0.15) is 92.9 Å². The normalized spacial score (nSPS) is 55.5. The first-order chi connectivity index (χ1) is 35.2. The molecule has 0 spiro atoms. The first kappa shape index (κ1) is 58.2. The maximum Gasteiger partial charge on any atom is 0.187 e. The Morgan fingerprint density at radius 2 is 1.19 bits per heavy atom. The lowest BCUT2D eigenvalue weighted by Crippen LogP contribution is -2.69. The van der Waals surface area contributed by atoms with Gasteiger partial charge in [-0.1, -0.05) is 20.8 Å². The monoisotopic (exact) mass is 1080 g/mol. The molecule has 430 valence electrons. The van der Waals surface area contributed by atoms with Crippen molar-refractivity contribution in [1.82, 2.24) is 0 Å². The van der Waals surface area contributed by atoms with Crippen molar-refractivity contribution in [2.45, 2.75) is 239 Å². The van der Waals surface area contributed by atoms with E-state index in [2.05, 4.69) is 6.92 Å². The molecule has 1 unspecified atom stereocenters. The predicted molar refractivity (Wildman–Crippen MR) is 251 cm³/mol. The largest absolute Gasteiger partial charge is 0.394 e. The molecule has 4 heterocycles. The van der Waals surface area contributed by atoms with E-state index in [0.717, 1.165) is 0 Å². The number of rotatable bonds is 13. The summed E-state index contributed by atoms with van der Waals surface area (Å²) in [5.41, 5.74) is -3.58. The zero-order chi connectivity index (χ0) is 54.8. The van der Waals surface area contributed by atoms with Crippen LogP contribution < -0.4 is 0 Å². The highest BCUT2D eigenvalue weighted by Crippen LogP contribution is 2.72. The molecule has 75 heavy (non-hydrogen) atoms. The second-order valence-corrected chi connectivity index (χ2v) is 24.1. The van der Waals surface area contributed by atoms with E-state index in [9.17, 15) is 81.4 Å². The lowest BCUT2D eigenvalue weighted by molar-refractivity contribution is -0.391. The summed E-state index contributed by atoms with van der Waals surface area (Å²) in [4.78, 5) is 14.1. The van der Waals surface area contributed by atoms with Gasteiger partial charge in [-0.2, -0.15) is 0 Å². The van der Waals surface area contributed by atoms with E-state index in [1.54, 1.807) is 6.92 Å². The third-order valence-electron chi connectivity index (χ3n) is 19.7. The quantitative estimate of drug-likeness (QED) is 0.0776. The van der Waals surface area contributed by atoms with Crippen molar-refractivity contribution in [3.8, 4) is 0 Å². The van der Waals surface area contributed by atoms with E-state index in [0.29, 0.717) is 36.8 Å². The minimum absolute atomic E-state index is 0.0425. The fourth-order valence-electron chi connectivity index (χ4n) is 15.4. The molecule has 0 aromatic carbocycles. The fraction of sp³-hybridized carbons (Fsp3) is 0.941. The average Bonchev–Trinajstić information content (AvgIpc) is 3.79. The number of ketones is 1. The summed E-state index contributed by atoms with van der Waals surface area (Å²) in [7, 11) is 0. The van der Waals surface area contributed by atoms with Crippen LogP contribution in [0.5, 0.6) is 0 Å². The van der Waals surface area contributed by atoms with Gasteiger partial charge in [-0.05, 0) is 106 Å². The summed E-state index contributed by atoms with van der Waals surface area (Å²) < 4.78 is 47.6. The molecule has 8 fully saturated rings. The molecular formula is C51H82O24. The topological polar surface area (TPSA) is 394 Å². The molecule has 15 N–H and O–H groups in total. The molecule has 0 radical (unpaired) electrons. The van der Waals surface area contributed by atoms with E-state index in [1.165, 1.54) is 13.8 Å². The summed E-state index contributed by atoms with van der Waals surface area (Å²) in [5.74, 6) is -1.89. The van der Waals surface area contributed by atoms with E-state index in [4.69, 9.17) is 37.9 Å². The number of Topliss-reactive ketones (excluding diaryl/α,β-unsaturated/α-hetero) is 1. The molecule has 0 amide bonds. The SMILES string of the molecule is CC1=C2[C@](O)(C[C@H]3[C@@H]4C[C@@H](O)[C@@]5(O)C[C@@H](O[C@@H]6O[C@H](CO)[C@@H](O[C@@H]7O[C@@H](C)[C@H](O)[C@@H](O)[C@H]7O)[C@H](O)[C@H]6O[C@@H]6O[C@@H](C)[C@H](O)[C@@H](O)[C@H]6O)CC[C@]5(C)[C@H]4CC[C@]23C)C(C[C@@H](C)CO[C@@H]2O[C@H](CO)[C@@H](O)[C@H](O)[C@H]2O)C1=O. The van der Waals surface area contributed by atoms with Crippen LogP contribution in [0.15, 0.2) is 11.1 Å². The number of carbonyl (C=O) groups is 1. The van der Waals surface area contributed by atoms with E-state index >= 15 is 0 Å². The Morgan fingerprint density at radius 1 is 0.627 bits per heavy atom. The molecule has 0 aromatic rings. The molecule has 9 aliphatic rings. The molecule has 4 aliphatic heterocycles. The Labute approximate surface area is 434 Å². The third-order valence-corrected chi connectivity index (χ3v) is 19.7. The van der Waals surface area contributed by atoms with Crippen molar-refractivity contribution in [3.05, 3.63) is 11.1 Å². The van der Waals surface area contributed by atoms with Gasteiger partial charge < -0.3 is 114 Å². The molecule has 24 nitrogen and oxygen atoms in total. The predicted octanol–water partition coefficient (Wildman–Crippen LogP) is -4.30. The molecular weight excluding hydrogens is 997 g/mol. The van der Waals surface area contributed by atoms with Gasteiger partial charge in [0.2, 0.25) is 0 Å². The van der Waals surface area contributed by atoms with Crippen molar-refractivity contribution in [1.29, 1.82) is 0 Å². The first-order valence-electron chi connectivity index (χ1n) is 26.8. The van der Waals surface area contributed by atoms with E-state index in [-0.39, 0.29) is 61.7 Å². The number of allylic oxidation sites excluding steroid dienone is 1. The van der Waals surface area contributed by atoms with Crippen molar-refractivity contribution in [2.75, 3.05) is 19.8 Å². The number of carbonyl (C=O) groups excluding carboxylic acids is 1. The van der Waals surface area contributed by atoms with Crippen molar-refractivity contribution < 1.29 is 119 Å². The summed E-state index contributed by atoms with van der Waals surface area (Å²) in [6, 6.07) is 0. The lowest BCUT2D eigenvalue weighted by atomic mass is 9.42. The maximum absolute atomic E-state index is 14.1.